The number of ether oxygens (including phenoxy) is 2. The Hall–Kier alpha value is -2.74. The Kier molecular flexibility index (Phi) is 5.42. The smallest absolute Gasteiger partial charge is 0.330 e. The van der Waals surface area contributed by atoms with E-state index in [1.807, 2.05) is 4.98 Å². The molecule has 0 saturated carbocycles. The van der Waals surface area contributed by atoms with Crippen LogP contribution in [0.2, 0.25) is 0 Å². The predicted octanol–water partition coefficient (Wildman–Crippen LogP) is 1.15. The van der Waals surface area contributed by atoms with E-state index in [0.29, 0.717) is 5.56 Å². The van der Waals surface area contributed by atoms with Crippen molar-refractivity contribution in [1.29, 1.82) is 0 Å². The third-order valence-electron chi connectivity index (χ3n) is 3.00. The number of aromatic nitrogens is 2. The van der Waals surface area contributed by atoms with Crippen LogP contribution in [-0.4, -0.2) is 22.3 Å². The van der Waals surface area contributed by atoms with E-state index < -0.39 is 36.1 Å². The minimum absolute atomic E-state index is 0.173. The molecule has 0 aliphatic rings. The lowest BCUT2D eigenvalue weighted by molar-refractivity contribution is -0.162. The molecule has 0 radical (unpaired) electrons. The summed E-state index contributed by atoms with van der Waals surface area (Å²) < 4.78 is 24.6. The summed E-state index contributed by atoms with van der Waals surface area (Å²) in [7, 11) is 0. The Balaban J connectivity index is 2.34. The second-order valence-corrected chi connectivity index (χ2v) is 4.56. The topological polar surface area (TPSA) is 90.4 Å². The molecule has 0 saturated heterocycles. The standard InChI is InChI=1S/C15H15FN2O5/c1-2-12(19)22-9-23-14(10-6-4-3-5-7-10)18-8-11(16)13(20)17-15(18)21/h3-8,14H,2,9H2,1H3,(H,17,20,21). The summed E-state index contributed by atoms with van der Waals surface area (Å²) in [5.41, 5.74) is -1.43. The highest BCUT2D eigenvalue weighted by Gasteiger charge is 2.18. The molecule has 0 aliphatic carbocycles. The predicted molar refractivity (Wildman–Crippen MR) is 78.2 cm³/mol. The van der Waals surface area contributed by atoms with Gasteiger partial charge in [0.2, 0.25) is 5.82 Å². The molecular weight excluding hydrogens is 307 g/mol. The van der Waals surface area contributed by atoms with E-state index in [4.69, 9.17) is 9.47 Å². The van der Waals surface area contributed by atoms with Crippen LogP contribution in [-0.2, 0) is 14.3 Å². The van der Waals surface area contributed by atoms with Crippen LogP contribution in [0.4, 0.5) is 4.39 Å². The van der Waals surface area contributed by atoms with Crippen molar-refractivity contribution in [2.24, 2.45) is 0 Å². The molecule has 1 aromatic heterocycles. The molecule has 122 valence electrons. The Morgan fingerprint density at radius 3 is 2.65 bits per heavy atom. The molecule has 0 bridgehead atoms. The lowest BCUT2D eigenvalue weighted by Gasteiger charge is -2.20. The highest BCUT2D eigenvalue weighted by molar-refractivity contribution is 5.68. The van der Waals surface area contributed by atoms with Gasteiger partial charge in [0.15, 0.2) is 13.0 Å². The monoisotopic (exact) mass is 322 g/mol. The van der Waals surface area contributed by atoms with Crippen LogP contribution in [0, 0.1) is 5.82 Å². The van der Waals surface area contributed by atoms with Crippen molar-refractivity contribution in [1.82, 2.24) is 9.55 Å². The first-order valence-corrected chi connectivity index (χ1v) is 6.86. The van der Waals surface area contributed by atoms with Gasteiger partial charge in [-0.05, 0) is 0 Å². The number of H-pyrrole nitrogens is 1. The van der Waals surface area contributed by atoms with Crippen molar-refractivity contribution < 1.29 is 18.7 Å². The average Bonchev–Trinajstić information content (AvgIpc) is 2.56. The molecule has 0 spiro atoms. The van der Waals surface area contributed by atoms with Gasteiger partial charge in [-0.1, -0.05) is 37.3 Å². The summed E-state index contributed by atoms with van der Waals surface area (Å²) in [4.78, 5) is 36.1. The molecule has 1 heterocycles. The number of rotatable bonds is 6. The van der Waals surface area contributed by atoms with Crippen LogP contribution in [0.15, 0.2) is 46.1 Å². The van der Waals surface area contributed by atoms with Gasteiger partial charge in [-0.15, -0.1) is 0 Å². The molecule has 1 unspecified atom stereocenters. The quantitative estimate of drug-likeness (QED) is 0.636. The molecule has 1 atom stereocenters. The fraction of sp³-hybridized carbons (Fsp3) is 0.267. The van der Waals surface area contributed by atoms with Crippen LogP contribution >= 0.6 is 0 Å². The zero-order valence-corrected chi connectivity index (χ0v) is 12.3. The molecule has 1 N–H and O–H groups in total. The van der Waals surface area contributed by atoms with Crippen molar-refractivity contribution in [2.45, 2.75) is 19.6 Å². The normalized spacial score (nSPS) is 11.9. The zero-order chi connectivity index (χ0) is 16.8. The number of carbonyl (C=O) groups is 1. The van der Waals surface area contributed by atoms with Crippen LogP contribution in [0.25, 0.3) is 0 Å². The van der Waals surface area contributed by atoms with Gasteiger partial charge < -0.3 is 9.47 Å². The van der Waals surface area contributed by atoms with E-state index >= 15 is 0 Å². The average molecular weight is 322 g/mol. The van der Waals surface area contributed by atoms with Crippen LogP contribution in [0.5, 0.6) is 0 Å². The summed E-state index contributed by atoms with van der Waals surface area (Å²) in [6, 6.07) is 8.48. The first kappa shape index (κ1) is 16.6. The lowest BCUT2D eigenvalue weighted by Crippen LogP contribution is -2.35. The number of benzene rings is 1. The first-order valence-electron chi connectivity index (χ1n) is 6.86. The second kappa shape index (κ2) is 7.50. The van der Waals surface area contributed by atoms with Crippen LogP contribution in [0.1, 0.15) is 25.1 Å². The van der Waals surface area contributed by atoms with Gasteiger partial charge in [0.05, 0.1) is 6.20 Å². The van der Waals surface area contributed by atoms with Crippen molar-refractivity contribution >= 4 is 5.97 Å². The lowest BCUT2D eigenvalue weighted by atomic mass is 10.2. The number of nitrogens with one attached hydrogen (secondary N) is 1. The minimum Gasteiger partial charge on any atom is -0.438 e. The highest BCUT2D eigenvalue weighted by Crippen LogP contribution is 2.18. The Labute approximate surface area is 130 Å². The van der Waals surface area contributed by atoms with Gasteiger partial charge in [0.1, 0.15) is 0 Å². The Morgan fingerprint density at radius 2 is 2.00 bits per heavy atom. The van der Waals surface area contributed by atoms with Crippen molar-refractivity contribution in [2.75, 3.05) is 6.79 Å². The number of aromatic amines is 1. The molecule has 23 heavy (non-hydrogen) atoms. The fourth-order valence-electron chi connectivity index (χ4n) is 1.86. The molecule has 7 nitrogen and oxygen atoms in total. The SMILES string of the molecule is CCC(=O)OCOC(c1ccccc1)n1cc(F)c(=O)[nH]c1=O. The number of carbonyl (C=O) groups excluding carboxylic acids is 1. The minimum atomic E-state index is -1.13. The largest absolute Gasteiger partial charge is 0.438 e. The molecule has 2 aromatic rings. The zero-order valence-electron chi connectivity index (χ0n) is 12.3. The number of esters is 1. The summed E-state index contributed by atoms with van der Waals surface area (Å²) in [5, 5.41) is 0. The fourth-order valence-corrected chi connectivity index (χ4v) is 1.86. The van der Waals surface area contributed by atoms with Crippen LogP contribution in [0.3, 0.4) is 0 Å². The molecule has 0 fully saturated rings. The second-order valence-electron chi connectivity index (χ2n) is 4.56. The summed E-state index contributed by atoms with van der Waals surface area (Å²) in [5.74, 6) is -1.60. The van der Waals surface area contributed by atoms with E-state index in [9.17, 15) is 18.8 Å². The maximum absolute atomic E-state index is 13.5. The van der Waals surface area contributed by atoms with E-state index in [0.717, 1.165) is 10.8 Å². The van der Waals surface area contributed by atoms with Gasteiger partial charge in [0.25, 0.3) is 5.56 Å². The Morgan fingerprint density at radius 1 is 1.30 bits per heavy atom. The molecule has 2 rings (SSSR count). The molecular formula is C15H15FN2O5. The van der Waals surface area contributed by atoms with Gasteiger partial charge in [0, 0.05) is 12.0 Å². The van der Waals surface area contributed by atoms with Crippen molar-refractivity contribution in [3.8, 4) is 0 Å². The number of hydrogen-bond acceptors (Lipinski definition) is 5. The maximum Gasteiger partial charge on any atom is 0.330 e. The van der Waals surface area contributed by atoms with E-state index in [1.54, 1.807) is 37.3 Å². The highest BCUT2D eigenvalue weighted by atomic mass is 19.1. The third kappa shape index (κ3) is 4.13. The number of nitrogens with zero attached hydrogens (tertiary/aromatic N) is 1. The van der Waals surface area contributed by atoms with E-state index in [2.05, 4.69) is 0 Å². The number of halogens is 1. The van der Waals surface area contributed by atoms with Crippen molar-refractivity contribution in [3.63, 3.8) is 0 Å². The van der Waals surface area contributed by atoms with Crippen molar-refractivity contribution in [3.05, 3.63) is 68.7 Å². The summed E-state index contributed by atoms with van der Waals surface area (Å²) >= 11 is 0. The first-order chi connectivity index (χ1) is 11.0. The van der Waals surface area contributed by atoms with Gasteiger partial charge in [-0.3, -0.25) is 19.1 Å². The van der Waals surface area contributed by atoms with Crippen LogP contribution < -0.4 is 11.2 Å². The molecule has 1 aromatic carbocycles. The molecule has 0 amide bonds. The third-order valence-corrected chi connectivity index (χ3v) is 3.00. The van der Waals surface area contributed by atoms with E-state index in [-0.39, 0.29) is 6.42 Å². The van der Waals surface area contributed by atoms with E-state index in [1.165, 1.54) is 0 Å². The summed E-state index contributed by atoms with van der Waals surface area (Å²) in [6.07, 6.45) is -0.132. The summed E-state index contributed by atoms with van der Waals surface area (Å²) in [6.45, 7) is 1.21. The molecule has 0 aliphatic heterocycles. The Bertz CT molecular complexity index is 784. The van der Waals surface area contributed by atoms with Gasteiger partial charge >= 0.3 is 11.7 Å². The number of hydrogen-bond donors (Lipinski definition) is 1. The van der Waals surface area contributed by atoms with Gasteiger partial charge in [-0.25, -0.2) is 4.79 Å². The molecule has 8 heteroatoms. The van der Waals surface area contributed by atoms with Gasteiger partial charge in [-0.2, -0.15) is 4.39 Å². The maximum atomic E-state index is 13.5.